The Morgan fingerprint density at radius 2 is 1.89 bits per heavy atom. The topological polar surface area (TPSA) is 15.3 Å². The van der Waals surface area contributed by atoms with E-state index in [0.29, 0.717) is 5.41 Å². The number of hydrogen-bond donors (Lipinski definition) is 1. The molecule has 2 unspecified atom stereocenters. The van der Waals surface area contributed by atoms with E-state index in [2.05, 4.69) is 44.8 Å². The summed E-state index contributed by atoms with van der Waals surface area (Å²) in [5.74, 6) is 0.905. The van der Waals surface area contributed by atoms with E-state index in [4.69, 9.17) is 0 Å². The minimum atomic E-state index is 0.488. The first kappa shape index (κ1) is 17.0. The lowest BCUT2D eigenvalue weighted by molar-refractivity contribution is 0.183. The van der Waals surface area contributed by atoms with Gasteiger partial charge in [-0.2, -0.15) is 0 Å². The highest BCUT2D eigenvalue weighted by atomic mass is 15.1. The number of rotatable bonds is 6. The minimum absolute atomic E-state index is 0.488. The van der Waals surface area contributed by atoms with Gasteiger partial charge in [0, 0.05) is 6.04 Å². The number of hydrogen-bond acceptors (Lipinski definition) is 2. The van der Waals surface area contributed by atoms with E-state index in [1.54, 1.807) is 0 Å². The van der Waals surface area contributed by atoms with Crippen molar-refractivity contribution in [1.29, 1.82) is 0 Å². The van der Waals surface area contributed by atoms with Crippen LogP contribution in [0, 0.1) is 11.3 Å². The van der Waals surface area contributed by atoms with Gasteiger partial charge in [0.05, 0.1) is 0 Å². The molecule has 1 rings (SSSR count). The lowest BCUT2D eigenvalue weighted by Crippen LogP contribution is -2.36. The third-order valence-electron chi connectivity index (χ3n) is 4.78. The van der Waals surface area contributed by atoms with Crippen LogP contribution in [0.3, 0.4) is 0 Å². The Morgan fingerprint density at radius 1 is 1.16 bits per heavy atom. The maximum atomic E-state index is 3.53. The molecule has 0 aromatic rings. The second-order valence-electron chi connectivity index (χ2n) is 7.42. The number of nitrogens with one attached hydrogen (secondary N) is 1. The summed E-state index contributed by atoms with van der Waals surface area (Å²) in [5, 5.41) is 3.53. The van der Waals surface area contributed by atoms with Crippen molar-refractivity contribution in [2.45, 2.75) is 72.8 Å². The fourth-order valence-electron chi connectivity index (χ4n) is 3.22. The summed E-state index contributed by atoms with van der Waals surface area (Å²) in [6.07, 6.45) is 6.72. The molecule has 1 fully saturated rings. The zero-order valence-electron chi connectivity index (χ0n) is 14.0. The second-order valence-corrected chi connectivity index (χ2v) is 7.42. The van der Waals surface area contributed by atoms with Crippen molar-refractivity contribution < 1.29 is 0 Å². The zero-order valence-corrected chi connectivity index (χ0v) is 14.0. The van der Waals surface area contributed by atoms with Gasteiger partial charge >= 0.3 is 0 Å². The van der Waals surface area contributed by atoms with E-state index in [9.17, 15) is 0 Å². The van der Waals surface area contributed by atoms with Crippen molar-refractivity contribution in [2.75, 3.05) is 26.2 Å². The second kappa shape index (κ2) is 8.26. The summed E-state index contributed by atoms with van der Waals surface area (Å²) in [7, 11) is 0. The van der Waals surface area contributed by atoms with Crippen molar-refractivity contribution >= 4 is 0 Å². The highest BCUT2D eigenvalue weighted by molar-refractivity contribution is 4.80. The van der Waals surface area contributed by atoms with Crippen LogP contribution in [0.2, 0.25) is 0 Å². The largest absolute Gasteiger partial charge is 0.317 e. The lowest BCUT2D eigenvalue weighted by atomic mass is 9.77. The normalized spacial score (nSPS) is 24.2. The summed E-state index contributed by atoms with van der Waals surface area (Å²) in [6, 6.07) is 0.739. The fraction of sp³-hybridized carbons (Fsp3) is 1.00. The molecule has 0 bridgehead atoms. The average molecular weight is 268 g/mol. The third-order valence-corrected chi connectivity index (χ3v) is 4.78. The van der Waals surface area contributed by atoms with Gasteiger partial charge in [0.2, 0.25) is 0 Å². The maximum absolute atomic E-state index is 3.53. The molecule has 2 nitrogen and oxygen atoms in total. The smallest absolute Gasteiger partial charge is 0.00790 e. The van der Waals surface area contributed by atoms with Gasteiger partial charge in [0.1, 0.15) is 0 Å². The van der Waals surface area contributed by atoms with Crippen LogP contribution in [-0.4, -0.2) is 37.1 Å². The first-order valence-electron chi connectivity index (χ1n) is 8.40. The van der Waals surface area contributed by atoms with Crippen molar-refractivity contribution in [1.82, 2.24) is 10.2 Å². The summed E-state index contributed by atoms with van der Waals surface area (Å²) < 4.78 is 0. The van der Waals surface area contributed by atoms with E-state index >= 15 is 0 Å². The molecule has 0 aromatic carbocycles. The summed E-state index contributed by atoms with van der Waals surface area (Å²) in [5.41, 5.74) is 0.488. The molecule has 0 aromatic heterocycles. The molecule has 1 N–H and O–H groups in total. The molecule has 2 atom stereocenters. The van der Waals surface area contributed by atoms with Crippen molar-refractivity contribution in [3.05, 3.63) is 0 Å². The Balaban J connectivity index is 2.31. The van der Waals surface area contributed by atoms with Crippen molar-refractivity contribution in [3.63, 3.8) is 0 Å². The first-order chi connectivity index (χ1) is 8.95. The predicted molar refractivity (Wildman–Crippen MR) is 85.6 cm³/mol. The standard InChI is InChI=1S/C17H36N2/c1-6-11-18-12-9-15(2)19-13-7-8-16(10-14-19)17(3,4)5/h15-16,18H,6-14H2,1-5H3. The van der Waals surface area contributed by atoms with E-state index < -0.39 is 0 Å². The quantitative estimate of drug-likeness (QED) is 0.735. The van der Waals surface area contributed by atoms with Gasteiger partial charge < -0.3 is 10.2 Å². The summed E-state index contributed by atoms with van der Waals surface area (Å²) >= 11 is 0. The number of likely N-dealkylation sites (tertiary alicyclic amines) is 1. The molecule has 1 aliphatic heterocycles. The van der Waals surface area contributed by atoms with E-state index in [1.165, 1.54) is 58.3 Å². The monoisotopic (exact) mass is 268 g/mol. The Bertz CT molecular complexity index is 232. The molecular formula is C17H36N2. The molecule has 2 heteroatoms. The van der Waals surface area contributed by atoms with Gasteiger partial charge in [-0.3, -0.25) is 0 Å². The van der Waals surface area contributed by atoms with Crippen LogP contribution in [0.4, 0.5) is 0 Å². The minimum Gasteiger partial charge on any atom is -0.317 e. The zero-order chi connectivity index (χ0) is 14.3. The van der Waals surface area contributed by atoms with Gasteiger partial charge in [0.15, 0.2) is 0 Å². The number of nitrogens with zero attached hydrogens (tertiary/aromatic N) is 1. The van der Waals surface area contributed by atoms with Crippen LogP contribution in [0.25, 0.3) is 0 Å². The molecule has 0 aliphatic carbocycles. The van der Waals surface area contributed by atoms with Crippen LogP contribution in [-0.2, 0) is 0 Å². The Morgan fingerprint density at radius 3 is 2.53 bits per heavy atom. The van der Waals surface area contributed by atoms with Gasteiger partial charge in [-0.1, -0.05) is 27.7 Å². The Kier molecular flexibility index (Phi) is 7.38. The Labute approximate surface area is 121 Å². The molecule has 1 saturated heterocycles. The summed E-state index contributed by atoms with van der Waals surface area (Å²) in [6.45, 7) is 16.8. The average Bonchev–Trinajstić information content (AvgIpc) is 2.59. The van der Waals surface area contributed by atoms with Crippen LogP contribution >= 0.6 is 0 Å². The third kappa shape index (κ3) is 6.27. The molecule has 1 heterocycles. The molecule has 0 saturated carbocycles. The molecule has 0 radical (unpaired) electrons. The van der Waals surface area contributed by atoms with E-state index in [0.717, 1.165) is 12.0 Å². The van der Waals surface area contributed by atoms with Crippen LogP contribution in [0.15, 0.2) is 0 Å². The first-order valence-corrected chi connectivity index (χ1v) is 8.40. The van der Waals surface area contributed by atoms with Crippen molar-refractivity contribution in [2.24, 2.45) is 11.3 Å². The fourth-order valence-corrected chi connectivity index (χ4v) is 3.22. The molecule has 0 spiro atoms. The molecule has 0 amide bonds. The van der Waals surface area contributed by atoms with Crippen LogP contribution < -0.4 is 5.32 Å². The SMILES string of the molecule is CCCNCCC(C)N1CCCC(C(C)(C)C)CC1. The van der Waals surface area contributed by atoms with Gasteiger partial charge in [0.25, 0.3) is 0 Å². The molecule has 1 aliphatic rings. The summed E-state index contributed by atoms with van der Waals surface area (Å²) in [4.78, 5) is 2.72. The van der Waals surface area contributed by atoms with E-state index in [1.807, 2.05) is 0 Å². The van der Waals surface area contributed by atoms with Gasteiger partial charge in [-0.25, -0.2) is 0 Å². The molecular weight excluding hydrogens is 232 g/mol. The van der Waals surface area contributed by atoms with Gasteiger partial charge in [-0.05, 0) is 76.5 Å². The van der Waals surface area contributed by atoms with E-state index in [-0.39, 0.29) is 0 Å². The molecule has 19 heavy (non-hydrogen) atoms. The van der Waals surface area contributed by atoms with Crippen molar-refractivity contribution in [3.8, 4) is 0 Å². The predicted octanol–water partition coefficient (Wildman–Crippen LogP) is 3.91. The van der Waals surface area contributed by atoms with Crippen LogP contribution in [0.1, 0.15) is 66.7 Å². The maximum Gasteiger partial charge on any atom is 0.00790 e. The lowest BCUT2D eigenvalue weighted by Gasteiger charge is -2.31. The highest BCUT2D eigenvalue weighted by Crippen LogP contribution is 2.34. The molecule has 114 valence electrons. The van der Waals surface area contributed by atoms with Crippen LogP contribution in [0.5, 0.6) is 0 Å². The Hall–Kier alpha value is -0.0800. The van der Waals surface area contributed by atoms with Gasteiger partial charge in [-0.15, -0.1) is 0 Å². The highest BCUT2D eigenvalue weighted by Gasteiger charge is 2.28.